The molecule has 0 aliphatic heterocycles. The number of hydrogen-bond acceptors (Lipinski definition) is 4. The van der Waals surface area contributed by atoms with Gasteiger partial charge in [-0.15, -0.1) is 0 Å². The molecule has 1 heterocycles. The van der Waals surface area contributed by atoms with E-state index in [0.717, 1.165) is 5.56 Å². The molecule has 1 unspecified atom stereocenters. The maximum atomic E-state index is 13.4. The summed E-state index contributed by atoms with van der Waals surface area (Å²) in [5, 5.41) is 0.536. The van der Waals surface area contributed by atoms with Gasteiger partial charge in [0.05, 0.1) is 21.8 Å². The smallest absolute Gasteiger partial charge is 0.261 e. The van der Waals surface area contributed by atoms with E-state index >= 15 is 0 Å². The van der Waals surface area contributed by atoms with Gasteiger partial charge in [-0.2, -0.15) is 4.31 Å². The van der Waals surface area contributed by atoms with Gasteiger partial charge in [-0.1, -0.05) is 36.8 Å². The predicted molar refractivity (Wildman–Crippen MR) is 115 cm³/mol. The third kappa shape index (κ3) is 3.97. The minimum absolute atomic E-state index is 0.149. The Balaban J connectivity index is 2.16. The highest BCUT2D eigenvalue weighted by molar-refractivity contribution is 7.89. The van der Waals surface area contributed by atoms with Crippen LogP contribution in [0.5, 0.6) is 0 Å². The lowest BCUT2D eigenvalue weighted by Gasteiger charge is -2.29. The average Bonchev–Trinajstić information content (AvgIpc) is 2.71. The molecule has 0 saturated carbocycles. The molecule has 0 aliphatic carbocycles. The molecule has 3 rings (SSSR count). The summed E-state index contributed by atoms with van der Waals surface area (Å²) in [6.45, 7) is 8.27. The highest BCUT2D eigenvalue weighted by Crippen LogP contribution is 2.27. The first kappa shape index (κ1) is 21.2. The van der Waals surface area contributed by atoms with E-state index in [4.69, 9.17) is 0 Å². The summed E-state index contributed by atoms with van der Waals surface area (Å²) in [5.74, 6) is 0.459. The molecule has 0 saturated heterocycles. The Morgan fingerprint density at radius 1 is 1.07 bits per heavy atom. The Hall–Kier alpha value is -2.51. The van der Waals surface area contributed by atoms with Crippen LogP contribution in [0.4, 0.5) is 0 Å². The van der Waals surface area contributed by atoms with Crippen LogP contribution in [0.1, 0.15) is 44.6 Å². The molecule has 154 valence electrons. The predicted octanol–water partition coefficient (Wildman–Crippen LogP) is 3.89. The van der Waals surface area contributed by atoms with Crippen molar-refractivity contribution in [1.29, 1.82) is 0 Å². The highest BCUT2D eigenvalue weighted by atomic mass is 32.2. The van der Waals surface area contributed by atoms with Crippen LogP contribution in [0.15, 0.2) is 58.2 Å². The van der Waals surface area contributed by atoms with E-state index in [9.17, 15) is 13.2 Å². The van der Waals surface area contributed by atoms with E-state index in [1.54, 1.807) is 54.0 Å². The fourth-order valence-electron chi connectivity index (χ4n) is 3.53. The zero-order valence-corrected chi connectivity index (χ0v) is 18.1. The number of nitrogens with zero attached hydrogens (tertiary/aromatic N) is 3. The van der Waals surface area contributed by atoms with Crippen LogP contribution in [0.25, 0.3) is 10.9 Å². The van der Waals surface area contributed by atoms with E-state index in [1.165, 1.54) is 4.31 Å². The lowest BCUT2D eigenvalue weighted by atomic mass is 10.2. The summed E-state index contributed by atoms with van der Waals surface area (Å²) in [6.07, 6.45) is 0.652. The zero-order valence-electron chi connectivity index (χ0n) is 17.3. The second kappa shape index (κ2) is 8.47. The summed E-state index contributed by atoms with van der Waals surface area (Å²) in [6, 6.07) is 13.4. The van der Waals surface area contributed by atoms with E-state index in [2.05, 4.69) is 4.98 Å². The fourth-order valence-corrected chi connectivity index (χ4v) is 5.21. The number of aryl methyl sites for hydroxylation is 1. The van der Waals surface area contributed by atoms with Gasteiger partial charge in [0.15, 0.2) is 0 Å². The fraction of sp³-hybridized carbons (Fsp3) is 0.364. The molecule has 7 heteroatoms. The molecule has 0 radical (unpaired) electrons. The van der Waals surface area contributed by atoms with Crippen LogP contribution in [0.3, 0.4) is 0 Å². The highest BCUT2D eigenvalue weighted by Gasteiger charge is 2.32. The van der Waals surface area contributed by atoms with Gasteiger partial charge < -0.3 is 0 Å². The number of sulfonamides is 1. The topological polar surface area (TPSA) is 72.3 Å². The molecule has 29 heavy (non-hydrogen) atoms. The molecule has 0 bridgehead atoms. The molecule has 3 aromatic rings. The minimum atomic E-state index is -3.74. The lowest BCUT2D eigenvalue weighted by Crippen LogP contribution is -2.38. The summed E-state index contributed by atoms with van der Waals surface area (Å²) < 4.78 is 29.8. The van der Waals surface area contributed by atoms with Crippen molar-refractivity contribution in [2.24, 2.45) is 0 Å². The molecular formula is C22H27N3O3S. The molecule has 0 amide bonds. The van der Waals surface area contributed by atoms with Crippen molar-refractivity contribution in [1.82, 2.24) is 13.9 Å². The molecular weight excluding hydrogens is 386 g/mol. The van der Waals surface area contributed by atoms with E-state index in [-0.39, 0.29) is 10.5 Å². The monoisotopic (exact) mass is 413 g/mol. The Kier molecular flexibility index (Phi) is 6.19. The maximum absolute atomic E-state index is 13.4. The minimum Gasteiger partial charge on any atom is -0.295 e. The zero-order chi connectivity index (χ0) is 21.2. The van der Waals surface area contributed by atoms with Gasteiger partial charge in [-0.05, 0) is 51.5 Å². The van der Waals surface area contributed by atoms with E-state index in [1.807, 2.05) is 26.8 Å². The first-order valence-corrected chi connectivity index (χ1v) is 11.3. The standard InChI is InChI=1S/C22H27N3O3S/c1-5-15-25(29(27,28)18-13-11-16(3)12-14-18)17(4)21-23-20-10-8-7-9-19(20)22(26)24(21)6-2/h7-14,17H,5-6,15H2,1-4H3. The average molecular weight is 414 g/mol. The molecule has 0 fully saturated rings. The number of benzene rings is 2. The second-order valence-electron chi connectivity index (χ2n) is 7.14. The normalized spacial score (nSPS) is 13.1. The van der Waals surface area contributed by atoms with Gasteiger partial charge in [0.2, 0.25) is 10.0 Å². The maximum Gasteiger partial charge on any atom is 0.261 e. The Labute approximate surface area is 171 Å². The van der Waals surface area contributed by atoms with Crippen molar-refractivity contribution >= 4 is 20.9 Å². The van der Waals surface area contributed by atoms with Gasteiger partial charge in [-0.25, -0.2) is 13.4 Å². The van der Waals surface area contributed by atoms with Crippen LogP contribution < -0.4 is 5.56 Å². The van der Waals surface area contributed by atoms with Gasteiger partial charge in [0, 0.05) is 13.1 Å². The summed E-state index contributed by atoms with van der Waals surface area (Å²) in [4.78, 5) is 17.9. The van der Waals surface area contributed by atoms with Crippen molar-refractivity contribution in [3.8, 4) is 0 Å². The summed E-state index contributed by atoms with van der Waals surface area (Å²) >= 11 is 0. The third-order valence-electron chi connectivity index (χ3n) is 5.08. The second-order valence-corrected chi connectivity index (χ2v) is 9.03. The van der Waals surface area contributed by atoms with Crippen molar-refractivity contribution < 1.29 is 8.42 Å². The number of rotatable bonds is 7. The van der Waals surface area contributed by atoms with Crippen molar-refractivity contribution in [2.75, 3.05) is 6.54 Å². The number of aromatic nitrogens is 2. The van der Waals surface area contributed by atoms with Crippen molar-refractivity contribution in [2.45, 2.75) is 51.6 Å². The van der Waals surface area contributed by atoms with E-state index in [0.29, 0.717) is 36.2 Å². The molecule has 0 N–H and O–H groups in total. The molecule has 0 aliphatic rings. The van der Waals surface area contributed by atoms with Gasteiger partial charge in [0.25, 0.3) is 5.56 Å². The largest absolute Gasteiger partial charge is 0.295 e. The van der Waals surface area contributed by atoms with Gasteiger partial charge in [-0.3, -0.25) is 9.36 Å². The summed E-state index contributed by atoms with van der Waals surface area (Å²) in [5.41, 5.74) is 1.42. The van der Waals surface area contributed by atoms with Crippen LogP contribution in [0.2, 0.25) is 0 Å². The quantitative estimate of drug-likeness (QED) is 0.589. The molecule has 0 spiro atoms. The Morgan fingerprint density at radius 3 is 2.34 bits per heavy atom. The number of para-hydroxylation sites is 1. The van der Waals surface area contributed by atoms with Crippen molar-refractivity contribution in [3.63, 3.8) is 0 Å². The Morgan fingerprint density at radius 2 is 1.72 bits per heavy atom. The van der Waals surface area contributed by atoms with Crippen LogP contribution in [-0.2, 0) is 16.6 Å². The van der Waals surface area contributed by atoms with Crippen molar-refractivity contribution in [3.05, 3.63) is 70.3 Å². The lowest BCUT2D eigenvalue weighted by molar-refractivity contribution is 0.321. The number of fused-ring (bicyclic) bond motifs is 1. The molecule has 6 nitrogen and oxygen atoms in total. The first-order valence-electron chi connectivity index (χ1n) is 9.89. The molecule has 1 atom stereocenters. The van der Waals surface area contributed by atoms with Crippen LogP contribution >= 0.6 is 0 Å². The number of hydrogen-bond donors (Lipinski definition) is 0. The van der Waals surface area contributed by atoms with Gasteiger partial charge >= 0.3 is 0 Å². The third-order valence-corrected chi connectivity index (χ3v) is 7.07. The van der Waals surface area contributed by atoms with Crippen LogP contribution in [0, 0.1) is 6.92 Å². The molecule has 1 aromatic heterocycles. The SMILES string of the molecule is CCCN(C(C)c1nc2ccccc2c(=O)n1CC)S(=O)(=O)c1ccc(C)cc1. The summed E-state index contributed by atoms with van der Waals surface area (Å²) in [7, 11) is -3.74. The Bertz CT molecular complexity index is 1170. The first-order chi connectivity index (χ1) is 13.8. The van der Waals surface area contributed by atoms with E-state index < -0.39 is 16.1 Å². The van der Waals surface area contributed by atoms with Gasteiger partial charge in [0.1, 0.15) is 5.82 Å². The molecule has 2 aromatic carbocycles. The van der Waals surface area contributed by atoms with Crippen LogP contribution in [-0.4, -0.2) is 28.8 Å².